The molecule has 0 unspecified atom stereocenters. The number of rotatable bonds is 7. The van der Waals surface area contributed by atoms with E-state index in [1.165, 1.54) is 0 Å². The highest BCUT2D eigenvalue weighted by atomic mass is 16.5. The maximum atomic E-state index is 11.6. The lowest BCUT2D eigenvalue weighted by atomic mass is 10.3. The Kier molecular flexibility index (Phi) is 6.72. The first-order chi connectivity index (χ1) is 9.86. The number of hydrogen-bond donors (Lipinski definition) is 0. The number of hydrogen-bond acceptors (Lipinski definition) is 5. The summed E-state index contributed by atoms with van der Waals surface area (Å²) in [6.07, 6.45) is -0.0751. The molecule has 0 saturated carbocycles. The van der Waals surface area contributed by atoms with Crippen molar-refractivity contribution in [3.8, 4) is 11.5 Å². The lowest BCUT2D eigenvalue weighted by molar-refractivity contribution is -0.150. The Hall–Kier alpha value is -2.04. The van der Waals surface area contributed by atoms with Gasteiger partial charge < -0.3 is 14.2 Å². The molecular weight excluding hydrogens is 272 g/mol. The number of esters is 2. The first-order valence-electron chi connectivity index (χ1n) is 7.03. The third kappa shape index (κ3) is 7.34. The second kappa shape index (κ2) is 8.29. The van der Waals surface area contributed by atoms with Gasteiger partial charge in [-0.1, -0.05) is 0 Å². The first kappa shape index (κ1) is 17.0. The zero-order valence-corrected chi connectivity index (χ0v) is 12.9. The molecule has 0 atom stereocenters. The average molecular weight is 294 g/mol. The van der Waals surface area contributed by atoms with Crippen LogP contribution in [0.1, 0.15) is 40.5 Å². The van der Waals surface area contributed by atoms with E-state index in [1.54, 1.807) is 38.1 Å². The van der Waals surface area contributed by atoms with E-state index in [1.807, 2.05) is 13.8 Å². The third-order valence-electron chi connectivity index (χ3n) is 2.33. The number of benzene rings is 1. The molecule has 0 aliphatic rings. The van der Waals surface area contributed by atoms with Crippen LogP contribution in [-0.4, -0.2) is 24.1 Å². The summed E-state index contributed by atoms with van der Waals surface area (Å²) in [5.74, 6) is 0.273. The molecule has 0 radical (unpaired) electrons. The molecule has 21 heavy (non-hydrogen) atoms. The minimum atomic E-state index is -0.465. The van der Waals surface area contributed by atoms with Gasteiger partial charge in [0.1, 0.15) is 11.5 Å². The van der Waals surface area contributed by atoms with Crippen molar-refractivity contribution in [3.63, 3.8) is 0 Å². The Labute approximate surface area is 125 Å². The Bertz CT molecular complexity index is 462. The van der Waals surface area contributed by atoms with E-state index in [0.29, 0.717) is 11.5 Å². The second-order valence-corrected chi connectivity index (χ2v) is 5.15. The van der Waals surface area contributed by atoms with Crippen LogP contribution in [0.3, 0.4) is 0 Å². The predicted molar refractivity (Wildman–Crippen MR) is 78.3 cm³/mol. The molecule has 0 spiro atoms. The maximum Gasteiger partial charge on any atom is 0.311 e. The van der Waals surface area contributed by atoms with Crippen LogP contribution in [0.15, 0.2) is 24.3 Å². The van der Waals surface area contributed by atoms with Crippen molar-refractivity contribution in [1.29, 1.82) is 0 Å². The molecule has 0 saturated heterocycles. The van der Waals surface area contributed by atoms with E-state index in [4.69, 9.17) is 14.2 Å². The van der Waals surface area contributed by atoms with Gasteiger partial charge in [0, 0.05) is 0 Å². The number of carbonyl (C=O) groups excluding carboxylic acids is 2. The Morgan fingerprint density at radius 3 is 1.90 bits per heavy atom. The van der Waals surface area contributed by atoms with Crippen LogP contribution >= 0.6 is 0 Å². The van der Waals surface area contributed by atoms with Gasteiger partial charge in [-0.25, -0.2) is 0 Å². The summed E-state index contributed by atoms with van der Waals surface area (Å²) in [5, 5.41) is 0. The summed E-state index contributed by atoms with van der Waals surface area (Å²) in [7, 11) is 0. The Balaban J connectivity index is 2.39. The fraction of sp³-hybridized carbons (Fsp3) is 0.500. The molecule has 0 aliphatic carbocycles. The van der Waals surface area contributed by atoms with Crippen LogP contribution < -0.4 is 9.47 Å². The van der Waals surface area contributed by atoms with Gasteiger partial charge in [0.05, 0.1) is 25.0 Å². The summed E-state index contributed by atoms with van der Waals surface area (Å²) < 4.78 is 15.6. The van der Waals surface area contributed by atoms with E-state index in [-0.39, 0.29) is 25.0 Å². The van der Waals surface area contributed by atoms with Gasteiger partial charge in [-0.3, -0.25) is 9.59 Å². The SMILES string of the molecule is CC(C)OC(=O)CCC(=O)Oc1ccc(OC(C)C)cc1. The van der Waals surface area contributed by atoms with E-state index < -0.39 is 11.9 Å². The molecule has 0 amide bonds. The summed E-state index contributed by atoms with van der Waals surface area (Å²) in [6.45, 7) is 7.39. The van der Waals surface area contributed by atoms with Crippen molar-refractivity contribution in [3.05, 3.63) is 24.3 Å². The quantitative estimate of drug-likeness (QED) is 0.571. The highest BCUT2D eigenvalue weighted by molar-refractivity contribution is 5.79. The molecule has 1 aromatic carbocycles. The van der Waals surface area contributed by atoms with E-state index >= 15 is 0 Å². The monoisotopic (exact) mass is 294 g/mol. The van der Waals surface area contributed by atoms with Crippen LogP contribution in [0.2, 0.25) is 0 Å². The van der Waals surface area contributed by atoms with Gasteiger partial charge in [0.15, 0.2) is 0 Å². The van der Waals surface area contributed by atoms with Crippen molar-refractivity contribution in [2.45, 2.75) is 52.7 Å². The Morgan fingerprint density at radius 1 is 0.857 bits per heavy atom. The lowest BCUT2D eigenvalue weighted by Crippen LogP contribution is -2.15. The topological polar surface area (TPSA) is 61.8 Å². The van der Waals surface area contributed by atoms with Crippen molar-refractivity contribution in [2.24, 2.45) is 0 Å². The van der Waals surface area contributed by atoms with Gasteiger partial charge >= 0.3 is 11.9 Å². The van der Waals surface area contributed by atoms with Crippen LogP contribution in [0.4, 0.5) is 0 Å². The summed E-state index contributed by atoms with van der Waals surface area (Å²) in [4.78, 5) is 22.9. The van der Waals surface area contributed by atoms with Gasteiger partial charge in [0.2, 0.25) is 0 Å². The zero-order chi connectivity index (χ0) is 15.8. The van der Waals surface area contributed by atoms with E-state index in [2.05, 4.69) is 0 Å². The normalized spacial score (nSPS) is 10.6. The lowest BCUT2D eigenvalue weighted by Gasteiger charge is -2.10. The predicted octanol–water partition coefficient (Wildman–Crippen LogP) is 3.11. The largest absolute Gasteiger partial charge is 0.491 e. The van der Waals surface area contributed by atoms with E-state index in [0.717, 1.165) is 0 Å². The van der Waals surface area contributed by atoms with Gasteiger partial charge in [-0.2, -0.15) is 0 Å². The first-order valence-corrected chi connectivity index (χ1v) is 7.03. The summed E-state index contributed by atoms with van der Waals surface area (Å²) >= 11 is 0. The van der Waals surface area contributed by atoms with Crippen molar-refractivity contribution < 1.29 is 23.8 Å². The molecule has 0 aliphatic heterocycles. The smallest absolute Gasteiger partial charge is 0.311 e. The zero-order valence-electron chi connectivity index (χ0n) is 12.9. The average Bonchev–Trinajstić information content (AvgIpc) is 2.37. The van der Waals surface area contributed by atoms with Gasteiger partial charge in [-0.05, 0) is 52.0 Å². The molecule has 0 aromatic heterocycles. The minimum absolute atomic E-state index is 0.00417. The van der Waals surface area contributed by atoms with Crippen LogP contribution in [0.25, 0.3) is 0 Å². The molecule has 0 fully saturated rings. The molecule has 1 aromatic rings. The van der Waals surface area contributed by atoms with Gasteiger partial charge in [0.25, 0.3) is 0 Å². The number of ether oxygens (including phenoxy) is 3. The van der Waals surface area contributed by atoms with Crippen molar-refractivity contribution in [1.82, 2.24) is 0 Å². The molecule has 5 heteroatoms. The maximum absolute atomic E-state index is 11.6. The van der Waals surface area contributed by atoms with E-state index in [9.17, 15) is 9.59 Å². The van der Waals surface area contributed by atoms with Gasteiger partial charge in [-0.15, -0.1) is 0 Å². The molecule has 116 valence electrons. The minimum Gasteiger partial charge on any atom is -0.491 e. The molecular formula is C16H22O5. The fourth-order valence-electron chi connectivity index (χ4n) is 1.57. The molecule has 5 nitrogen and oxygen atoms in total. The fourth-order valence-corrected chi connectivity index (χ4v) is 1.57. The summed E-state index contributed by atoms with van der Waals surface area (Å²) in [6, 6.07) is 6.77. The Morgan fingerprint density at radius 2 is 1.38 bits per heavy atom. The third-order valence-corrected chi connectivity index (χ3v) is 2.33. The molecule has 0 heterocycles. The highest BCUT2D eigenvalue weighted by Gasteiger charge is 2.11. The standard InChI is InChI=1S/C16H22O5/c1-11(2)19-13-5-7-14(8-6-13)21-16(18)10-9-15(17)20-12(3)4/h5-8,11-12H,9-10H2,1-4H3. The van der Waals surface area contributed by atoms with Crippen molar-refractivity contribution >= 4 is 11.9 Å². The second-order valence-electron chi connectivity index (χ2n) is 5.15. The molecule has 0 N–H and O–H groups in total. The van der Waals surface area contributed by atoms with Crippen LogP contribution in [0, 0.1) is 0 Å². The van der Waals surface area contributed by atoms with Crippen LogP contribution in [0.5, 0.6) is 11.5 Å². The molecule has 0 bridgehead atoms. The molecule has 1 rings (SSSR count). The van der Waals surface area contributed by atoms with Crippen LogP contribution in [-0.2, 0) is 14.3 Å². The summed E-state index contributed by atoms with van der Waals surface area (Å²) in [5.41, 5.74) is 0. The highest BCUT2D eigenvalue weighted by Crippen LogP contribution is 2.19. The van der Waals surface area contributed by atoms with Crippen molar-refractivity contribution in [2.75, 3.05) is 0 Å². The number of carbonyl (C=O) groups is 2.